The molecule has 0 bridgehead atoms. The average molecular weight is 482 g/mol. The maximum Gasteiger partial charge on any atom is 0.459 e. The van der Waals surface area contributed by atoms with Crippen LogP contribution in [-0.4, -0.2) is 29.9 Å². The molecule has 4 rings (SSSR count). The van der Waals surface area contributed by atoms with Gasteiger partial charge in [0.25, 0.3) is 0 Å². The van der Waals surface area contributed by atoms with Gasteiger partial charge in [-0.25, -0.2) is 0 Å². The molecule has 0 radical (unpaired) electrons. The van der Waals surface area contributed by atoms with Crippen molar-refractivity contribution >= 4 is 23.0 Å². The number of anilines is 1. The Bertz CT molecular complexity index is 1180. The molecule has 33 heavy (non-hydrogen) atoms. The Balaban J connectivity index is 1.71. The number of halogens is 6. The van der Waals surface area contributed by atoms with Gasteiger partial charge in [-0.15, -0.1) is 0 Å². The van der Waals surface area contributed by atoms with Crippen LogP contribution in [0.1, 0.15) is 18.2 Å². The molecule has 1 aromatic heterocycles. The van der Waals surface area contributed by atoms with E-state index in [1.165, 1.54) is 25.4 Å². The Kier molecular flexibility index (Phi) is 6.00. The number of hydrazone groups is 1. The molecule has 0 aliphatic carbocycles. The standard InChI is InChI=1S/C23H17ClF5N3O/c1-33-16-6-4-5-14(11-16)15-9-10-18(30-13-15)20-12-21(22(25,26)23(27,28)29)31-32(20)19-8-3-2-7-17(19)24/h2-11,13,20H,12H2,1H3. The molecule has 1 unspecified atom stereocenters. The van der Waals surface area contributed by atoms with Crippen molar-refractivity contribution in [2.75, 3.05) is 12.1 Å². The summed E-state index contributed by atoms with van der Waals surface area (Å²) in [5.74, 6) is -4.44. The first-order valence-corrected chi connectivity index (χ1v) is 10.2. The van der Waals surface area contributed by atoms with Gasteiger partial charge in [0, 0.05) is 18.2 Å². The molecule has 1 aliphatic heterocycles. The molecule has 0 amide bonds. The van der Waals surface area contributed by atoms with E-state index in [0.29, 0.717) is 5.75 Å². The number of hydrogen-bond acceptors (Lipinski definition) is 4. The molecule has 2 aromatic carbocycles. The predicted octanol–water partition coefficient (Wildman–Crippen LogP) is 6.92. The summed E-state index contributed by atoms with van der Waals surface area (Å²) in [6, 6.07) is 15.7. The van der Waals surface area contributed by atoms with E-state index in [-0.39, 0.29) is 16.4 Å². The molecule has 0 spiro atoms. The molecule has 1 aliphatic rings. The zero-order valence-corrected chi connectivity index (χ0v) is 17.9. The van der Waals surface area contributed by atoms with Gasteiger partial charge in [-0.2, -0.15) is 27.1 Å². The van der Waals surface area contributed by atoms with Crippen molar-refractivity contribution < 1.29 is 26.7 Å². The van der Waals surface area contributed by atoms with Gasteiger partial charge >= 0.3 is 12.1 Å². The highest BCUT2D eigenvalue weighted by Crippen LogP contribution is 2.45. The van der Waals surface area contributed by atoms with E-state index in [1.807, 2.05) is 6.07 Å². The van der Waals surface area contributed by atoms with Gasteiger partial charge in [0.2, 0.25) is 0 Å². The molecule has 0 fully saturated rings. The zero-order valence-electron chi connectivity index (χ0n) is 17.2. The van der Waals surface area contributed by atoms with Crippen LogP contribution in [0, 0.1) is 0 Å². The van der Waals surface area contributed by atoms with Gasteiger partial charge in [0.05, 0.1) is 23.5 Å². The topological polar surface area (TPSA) is 37.7 Å². The lowest BCUT2D eigenvalue weighted by atomic mass is 10.0. The lowest BCUT2D eigenvalue weighted by Crippen LogP contribution is -2.43. The van der Waals surface area contributed by atoms with E-state index in [2.05, 4.69) is 10.1 Å². The first kappa shape index (κ1) is 23.0. The van der Waals surface area contributed by atoms with Crippen molar-refractivity contribution in [3.05, 3.63) is 77.6 Å². The number of aromatic nitrogens is 1. The van der Waals surface area contributed by atoms with E-state index in [9.17, 15) is 22.0 Å². The fraction of sp³-hybridized carbons (Fsp3) is 0.217. The van der Waals surface area contributed by atoms with E-state index in [4.69, 9.17) is 16.3 Å². The number of rotatable bonds is 5. The number of nitrogens with zero attached hydrogens (tertiary/aromatic N) is 3. The van der Waals surface area contributed by atoms with E-state index in [1.54, 1.807) is 42.5 Å². The molecule has 4 nitrogen and oxygen atoms in total. The summed E-state index contributed by atoms with van der Waals surface area (Å²) in [6.45, 7) is 0. The second-order valence-corrected chi connectivity index (χ2v) is 7.75. The first-order chi connectivity index (χ1) is 15.6. The van der Waals surface area contributed by atoms with Gasteiger partial charge in [-0.3, -0.25) is 9.99 Å². The van der Waals surface area contributed by atoms with Crippen molar-refractivity contribution in [3.8, 4) is 16.9 Å². The third kappa shape index (κ3) is 4.37. The van der Waals surface area contributed by atoms with Gasteiger partial charge in [-0.1, -0.05) is 41.9 Å². The normalized spacial score (nSPS) is 16.6. The van der Waals surface area contributed by atoms with Crippen LogP contribution in [0.15, 0.2) is 72.0 Å². The van der Waals surface area contributed by atoms with Crippen molar-refractivity contribution in [2.45, 2.75) is 24.6 Å². The highest BCUT2D eigenvalue weighted by Gasteiger charge is 2.63. The molecule has 10 heteroatoms. The van der Waals surface area contributed by atoms with Crippen molar-refractivity contribution in [3.63, 3.8) is 0 Å². The Hall–Kier alpha value is -3.20. The van der Waals surface area contributed by atoms with Crippen LogP contribution >= 0.6 is 11.6 Å². The summed E-state index contributed by atoms with van der Waals surface area (Å²) in [7, 11) is 1.54. The fourth-order valence-electron chi connectivity index (χ4n) is 3.53. The Morgan fingerprint density at radius 1 is 0.970 bits per heavy atom. The summed E-state index contributed by atoms with van der Waals surface area (Å²) < 4.78 is 72.5. The third-order valence-corrected chi connectivity index (χ3v) is 5.58. The van der Waals surface area contributed by atoms with Crippen LogP contribution in [0.4, 0.5) is 27.6 Å². The van der Waals surface area contributed by atoms with Crippen LogP contribution in [0.2, 0.25) is 5.02 Å². The molecule has 3 aromatic rings. The second kappa shape index (κ2) is 8.62. The molecule has 0 saturated heterocycles. The minimum atomic E-state index is -5.77. The van der Waals surface area contributed by atoms with Crippen LogP contribution in [0.25, 0.3) is 11.1 Å². The number of pyridine rings is 1. The maximum absolute atomic E-state index is 14.1. The maximum atomic E-state index is 14.1. The molecule has 172 valence electrons. The van der Waals surface area contributed by atoms with E-state index < -0.39 is 30.3 Å². The predicted molar refractivity (Wildman–Crippen MR) is 116 cm³/mol. The molecule has 0 saturated carbocycles. The van der Waals surface area contributed by atoms with Gasteiger partial charge in [-0.05, 0) is 35.9 Å². The average Bonchev–Trinajstić information content (AvgIpc) is 3.25. The van der Waals surface area contributed by atoms with E-state index >= 15 is 0 Å². The summed E-state index contributed by atoms with van der Waals surface area (Å²) >= 11 is 6.19. The Labute approximate surface area is 191 Å². The second-order valence-electron chi connectivity index (χ2n) is 7.34. The van der Waals surface area contributed by atoms with E-state index in [0.717, 1.165) is 16.1 Å². The van der Waals surface area contributed by atoms with Crippen LogP contribution in [0.3, 0.4) is 0 Å². The third-order valence-electron chi connectivity index (χ3n) is 5.26. The Morgan fingerprint density at radius 3 is 2.36 bits per heavy atom. The van der Waals surface area contributed by atoms with Gasteiger partial charge < -0.3 is 4.74 Å². The number of methoxy groups -OCH3 is 1. The van der Waals surface area contributed by atoms with Crippen molar-refractivity contribution in [2.24, 2.45) is 5.10 Å². The SMILES string of the molecule is COc1cccc(-c2ccc(C3CC(C(F)(F)C(F)(F)F)=NN3c3ccccc3Cl)nc2)c1. The number of ether oxygens (including phenoxy) is 1. The quantitative estimate of drug-likeness (QED) is 0.371. The summed E-state index contributed by atoms with van der Waals surface area (Å²) in [5, 5.41) is 4.89. The van der Waals surface area contributed by atoms with Gasteiger partial charge in [0.15, 0.2) is 0 Å². The summed E-state index contributed by atoms with van der Waals surface area (Å²) in [5.41, 5.74) is 0.720. The molecule has 1 atom stereocenters. The molecule has 0 N–H and O–H groups in total. The Morgan fingerprint density at radius 2 is 1.73 bits per heavy atom. The first-order valence-electron chi connectivity index (χ1n) is 9.78. The van der Waals surface area contributed by atoms with Crippen LogP contribution in [-0.2, 0) is 0 Å². The minimum absolute atomic E-state index is 0.163. The minimum Gasteiger partial charge on any atom is -0.497 e. The monoisotopic (exact) mass is 481 g/mol. The number of benzene rings is 2. The number of para-hydroxylation sites is 1. The number of alkyl halides is 5. The lowest BCUT2D eigenvalue weighted by Gasteiger charge is -2.24. The smallest absolute Gasteiger partial charge is 0.459 e. The molecule has 2 heterocycles. The fourth-order valence-corrected chi connectivity index (χ4v) is 3.75. The molecular formula is C23H17ClF5N3O. The van der Waals surface area contributed by atoms with Crippen molar-refractivity contribution in [1.82, 2.24) is 4.98 Å². The number of hydrogen-bond donors (Lipinski definition) is 0. The zero-order chi connectivity index (χ0) is 23.8. The van der Waals surface area contributed by atoms with Gasteiger partial charge in [0.1, 0.15) is 17.5 Å². The molecular weight excluding hydrogens is 465 g/mol. The summed E-state index contributed by atoms with van der Waals surface area (Å²) in [4.78, 5) is 4.35. The van der Waals surface area contributed by atoms with Crippen molar-refractivity contribution in [1.29, 1.82) is 0 Å². The van der Waals surface area contributed by atoms with Crippen LogP contribution in [0.5, 0.6) is 5.75 Å². The largest absolute Gasteiger partial charge is 0.497 e. The van der Waals surface area contributed by atoms with Crippen LogP contribution < -0.4 is 9.75 Å². The lowest BCUT2D eigenvalue weighted by molar-refractivity contribution is -0.249. The highest BCUT2D eigenvalue weighted by molar-refractivity contribution is 6.33. The highest BCUT2D eigenvalue weighted by atomic mass is 35.5. The summed E-state index contributed by atoms with van der Waals surface area (Å²) in [6.07, 6.45) is -4.91.